The zero-order valence-electron chi connectivity index (χ0n) is 10.4. The molecule has 98 valence electrons. The molecule has 1 N–H and O–H groups in total. The largest absolute Gasteiger partial charge is 0.420 e. The highest BCUT2D eigenvalue weighted by Gasteiger charge is 2.12. The van der Waals surface area contributed by atoms with E-state index in [2.05, 4.69) is 45.3 Å². The summed E-state index contributed by atoms with van der Waals surface area (Å²) >= 11 is 5.06. The van der Waals surface area contributed by atoms with E-state index in [-0.39, 0.29) is 0 Å². The van der Waals surface area contributed by atoms with Gasteiger partial charge in [-0.05, 0) is 40.3 Å². The molecule has 18 heavy (non-hydrogen) atoms. The fourth-order valence-corrected chi connectivity index (χ4v) is 2.98. The first-order chi connectivity index (χ1) is 8.66. The minimum absolute atomic E-state index is 0.519. The van der Waals surface area contributed by atoms with Crippen LogP contribution in [0.2, 0.25) is 0 Å². The number of thiophene rings is 1. The average Bonchev–Trinajstić information content (AvgIpc) is 2.92. The molecule has 0 spiro atoms. The molecule has 0 amide bonds. The summed E-state index contributed by atoms with van der Waals surface area (Å²) in [5, 5.41) is 13.5. The molecule has 0 aliphatic heterocycles. The lowest BCUT2D eigenvalue weighted by Crippen LogP contribution is -2.23. The van der Waals surface area contributed by atoms with Crippen LogP contribution in [0.25, 0.3) is 10.8 Å². The van der Waals surface area contributed by atoms with Crippen LogP contribution in [0.4, 0.5) is 0 Å². The maximum absolute atomic E-state index is 5.65. The molecule has 2 aromatic heterocycles. The Labute approximate surface area is 119 Å². The Kier molecular flexibility index (Phi) is 4.91. The van der Waals surface area contributed by atoms with E-state index < -0.39 is 0 Å². The first-order valence-electron chi connectivity index (χ1n) is 5.96. The van der Waals surface area contributed by atoms with Gasteiger partial charge in [0.05, 0.1) is 0 Å². The van der Waals surface area contributed by atoms with Crippen LogP contribution in [0.1, 0.15) is 26.2 Å². The molecule has 0 aliphatic carbocycles. The van der Waals surface area contributed by atoms with Crippen molar-refractivity contribution in [2.45, 2.75) is 32.7 Å². The molecule has 0 saturated carbocycles. The van der Waals surface area contributed by atoms with E-state index in [9.17, 15) is 0 Å². The summed E-state index contributed by atoms with van der Waals surface area (Å²) in [6, 6.07) is 2.50. The molecule has 0 fully saturated rings. The highest BCUT2D eigenvalue weighted by atomic mass is 79.9. The number of aromatic nitrogens is 2. The monoisotopic (exact) mass is 329 g/mol. The fraction of sp³-hybridized carbons (Fsp3) is 0.500. The standard InChI is InChI=1S/C12H16BrN3OS/c1-8(2)14-6-3-4-10-15-16-12(17-10)11-9(13)5-7-18-11/h5,7-8,14H,3-4,6H2,1-2H3. The van der Waals surface area contributed by atoms with E-state index >= 15 is 0 Å². The van der Waals surface area contributed by atoms with Gasteiger partial charge >= 0.3 is 0 Å². The van der Waals surface area contributed by atoms with E-state index in [1.54, 1.807) is 11.3 Å². The maximum atomic E-state index is 5.65. The number of hydrogen-bond acceptors (Lipinski definition) is 5. The predicted octanol–water partition coefficient (Wildman–Crippen LogP) is 3.49. The van der Waals surface area contributed by atoms with Crippen molar-refractivity contribution in [2.75, 3.05) is 6.54 Å². The highest BCUT2D eigenvalue weighted by molar-refractivity contribution is 9.10. The molecule has 2 rings (SSSR count). The van der Waals surface area contributed by atoms with Crippen molar-refractivity contribution in [2.24, 2.45) is 0 Å². The summed E-state index contributed by atoms with van der Waals surface area (Å²) in [7, 11) is 0. The third kappa shape index (κ3) is 3.63. The lowest BCUT2D eigenvalue weighted by atomic mass is 10.3. The lowest BCUT2D eigenvalue weighted by Gasteiger charge is -2.05. The number of halogens is 1. The molecule has 0 aromatic carbocycles. The van der Waals surface area contributed by atoms with Crippen molar-refractivity contribution in [1.82, 2.24) is 15.5 Å². The van der Waals surface area contributed by atoms with Crippen LogP contribution in [-0.4, -0.2) is 22.8 Å². The fourth-order valence-electron chi connectivity index (χ4n) is 1.52. The van der Waals surface area contributed by atoms with Gasteiger partial charge in [-0.25, -0.2) is 0 Å². The van der Waals surface area contributed by atoms with Gasteiger partial charge in [-0.1, -0.05) is 13.8 Å². The van der Waals surface area contributed by atoms with Crippen LogP contribution in [0.3, 0.4) is 0 Å². The third-order valence-corrected chi connectivity index (χ3v) is 4.22. The number of hydrogen-bond donors (Lipinski definition) is 1. The lowest BCUT2D eigenvalue weighted by molar-refractivity contribution is 0.484. The molecule has 4 nitrogen and oxygen atoms in total. The molecule has 0 radical (unpaired) electrons. The van der Waals surface area contributed by atoms with Crippen molar-refractivity contribution in [3.63, 3.8) is 0 Å². The van der Waals surface area contributed by atoms with Gasteiger partial charge in [-0.15, -0.1) is 21.5 Å². The van der Waals surface area contributed by atoms with E-state index in [1.165, 1.54) is 0 Å². The zero-order valence-corrected chi connectivity index (χ0v) is 12.8. The summed E-state index contributed by atoms with van der Waals surface area (Å²) in [5.41, 5.74) is 0. The Morgan fingerprint density at radius 1 is 1.44 bits per heavy atom. The molecule has 0 unspecified atom stereocenters. The first-order valence-corrected chi connectivity index (χ1v) is 7.63. The van der Waals surface area contributed by atoms with E-state index in [0.717, 1.165) is 28.7 Å². The number of aryl methyl sites for hydroxylation is 1. The minimum atomic E-state index is 0.519. The molecule has 6 heteroatoms. The van der Waals surface area contributed by atoms with Gasteiger partial charge in [0.15, 0.2) is 0 Å². The summed E-state index contributed by atoms with van der Waals surface area (Å²) in [4.78, 5) is 0.994. The van der Waals surface area contributed by atoms with E-state index in [0.29, 0.717) is 17.8 Å². The predicted molar refractivity (Wildman–Crippen MR) is 76.8 cm³/mol. The molecule has 0 atom stereocenters. The zero-order chi connectivity index (χ0) is 13.0. The summed E-state index contributed by atoms with van der Waals surface area (Å²) in [6.45, 7) is 5.25. The van der Waals surface area contributed by atoms with Crippen LogP contribution in [0.15, 0.2) is 20.3 Å². The molecule has 0 bridgehead atoms. The van der Waals surface area contributed by atoms with Gasteiger partial charge in [-0.2, -0.15) is 0 Å². The maximum Gasteiger partial charge on any atom is 0.258 e. The van der Waals surface area contributed by atoms with Gasteiger partial charge in [0.2, 0.25) is 5.89 Å². The van der Waals surface area contributed by atoms with Gasteiger partial charge in [0, 0.05) is 16.9 Å². The quantitative estimate of drug-likeness (QED) is 0.824. The van der Waals surface area contributed by atoms with Gasteiger partial charge in [0.25, 0.3) is 5.89 Å². The van der Waals surface area contributed by atoms with Crippen molar-refractivity contribution in [3.05, 3.63) is 21.8 Å². The summed E-state index contributed by atoms with van der Waals surface area (Å²) < 4.78 is 6.65. The average molecular weight is 330 g/mol. The van der Waals surface area contributed by atoms with Crippen molar-refractivity contribution < 1.29 is 4.42 Å². The number of nitrogens with zero attached hydrogens (tertiary/aromatic N) is 2. The van der Waals surface area contributed by atoms with Crippen LogP contribution < -0.4 is 5.32 Å². The molecule has 2 aromatic rings. The molecular formula is C12H16BrN3OS. The van der Waals surface area contributed by atoms with Crippen LogP contribution in [0, 0.1) is 0 Å². The second-order valence-electron chi connectivity index (χ2n) is 4.31. The van der Waals surface area contributed by atoms with Crippen molar-refractivity contribution >= 4 is 27.3 Å². The number of rotatable bonds is 6. The van der Waals surface area contributed by atoms with Crippen molar-refractivity contribution in [3.8, 4) is 10.8 Å². The molecule has 0 aliphatic rings. The smallest absolute Gasteiger partial charge is 0.258 e. The number of nitrogens with one attached hydrogen (secondary N) is 1. The van der Waals surface area contributed by atoms with Crippen LogP contribution >= 0.6 is 27.3 Å². The van der Waals surface area contributed by atoms with Crippen LogP contribution in [-0.2, 0) is 6.42 Å². The normalized spacial score (nSPS) is 11.3. The molecule has 2 heterocycles. The van der Waals surface area contributed by atoms with Gasteiger partial charge in [-0.3, -0.25) is 0 Å². The molecular weight excluding hydrogens is 314 g/mol. The third-order valence-electron chi connectivity index (χ3n) is 2.40. The second-order valence-corrected chi connectivity index (χ2v) is 6.08. The van der Waals surface area contributed by atoms with E-state index in [1.807, 2.05) is 11.4 Å². The first kappa shape index (κ1) is 13.7. The Hall–Kier alpha value is -0.720. The Morgan fingerprint density at radius 3 is 2.94 bits per heavy atom. The van der Waals surface area contributed by atoms with Gasteiger partial charge < -0.3 is 9.73 Å². The second kappa shape index (κ2) is 6.45. The summed E-state index contributed by atoms with van der Waals surface area (Å²) in [6.07, 6.45) is 1.82. The van der Waals surface area contributed by atoms with Gasteiger partial charge in [0.1, 0.15) is 4.88 Å². The minimum Gasteiger partial charge on any atom is -0.420 e. The Balaban J connectivity index is 1.89. The molecule has 0 saturated heterocycles. The Bertz CT molecular complexity index is 495. The summed E-state index contributed by atoms with van der Waals surface area (Å²) in [5.74, 6) is 1.31. The SMILES string of the molecule is CC(C)NCCCc1nnc(-c2sccc2Br)o1. The Morgan fingerprint density at radius 2 is 2.28 bits per heavy atom. The van der Waals surface area contributed by atoms with E-state index in [4.69, 9.17) is 4.42 Å². The highest BCUT2D eigenvalue weighted by Crippen LogP contribution is 2.32. The van der Waals surface area contributed by atoms with Crippen LogP contribution in [0.5, 0.6) is 0 Å². The van der Waals surface area contributed by atoms with Crippen molar-refractivity contribution in [1.29, 1.82) is 0 Å². The topological polar surface area (TPSA) is 51.0 Å².